The van der Waals surface area contributed by atoms with Gasteiger partial charge in [-0.15, -0.1) is 0 Å². The normalized spacial score (nSPS) is 29.4. The van der Waals surface area contributed by atoms with Gasteiger partial charge in [-0.1, -0.05) is 107 Å². The maximum Gasteiger partial charge on any atom is 0.338 e. The second-order valence-electron chi connectivity index (χ2n) is 19.5. The molecule has 378 valence electrons. The van der Waals surface area contributed by atoms with Gasteiger partial charge in [-0.2, -0.15) is 0 Å². The highest BCUT2D eigenvalue weighted by Crippen LogP contribution is 2.64. The smallest absolute Gasteiger partial charge is 0.338 e. The van der Waals surface area contributed by atoms with Crippen molar-refractivity contribution in [2.45, 2.75) is 147 Å². The van der Waals surface area contributed by atoms with E-state index in [-0.39, 0.29) is 41.5 Å². The molecule has 0 aromatic heterocycles. The van der Waals surface area contributed by atoms with E-state index in [1.807, 2.05) is 0 Å². The number of hydrogen-bond donors (Lipinski definition) is 6. The molecule has 17 nitrogen and oxygen atoms in total. The highest BCUT2D eigenvalue weighted by atomic mass is 16.6. The first-order valence-electron chi connectivity index (χ1n) is 23.8. The second kappa shape index (κ2) is 21.7. The Morgan fingerprint density at radius 2 is 1.43 bits per heavy atom. The fourth-order valence-corrected chi connectivity index (χ4v) is 10.8. The highest BCUT2D eigenvalue weighted by molar-refractivity contribution is 5.96. The monoisotopic (exact) mass is 969 g/mol. The van der Waals surface area contributed by atoms with Crippen molar-refractivity contribution in [3.63, 3.8) is 0 Å². The zero-order chi connectivity index (χ0) is 51.3. The molecule has 3 aromatic rings. The third-order valence-electron chi connectivity index (χ3n) is 14.6. The van der Waals surface area contributed by atoms with Crippen LogP contribution in [0.5, 0.6) is 0 Å². The number of nitrogens with two attached hydrogens (primary N) is 2. The van der Waals surface area contributed by atoms with E-state index in [2.05, 4.69) is 12.2 Å². The first-order valence-corrected chi connectivity index (χ1v) is 23.8. The molecule has 2 saturated carbocycles. The number of nitrogens with one attached hydrogen (secondary N) is 1. The van der Waals surface area contributed by atoms with Crippen molar-refractivity contribution in [2.75, 3.05) is 6.61 Å². The minimum absolute atomic E-state index is 0.00289. The Morgan fingerprint density at radius 3 is 1.96 bits per heavy atom. The summed E-state index contributed by atoms with van der Waals surface area (Å²) in [6.07, 6.45) is -5.97. The molecule has 1 heterocycles. The molecule has 0 radical (unpaired) electrons. The summed E-state index contributed by atoms with van der Waals surface area (Å²) in [5.74, 6) is -6.84. The highest BCUT2D eigenvalue weighted by Gasteiger charge is 2.78. The van der Waals surface area contributed by atoms with Crippen LogP contribution in [-0.2, 0) is 42.9 Å². The van der Waals surface area contributed by atoms with Crippen LogP contribution in [0.25, 0.3) is 0 Å². The van der Waals surface area contributed by atoms with Gasteiger partial charge in [-0.3, -0.25) is 19.2 Å². The number of ether oxygens (including phenoxy) is 5. The number of Topliss-reactive ketones (excluding diaryl/α,β-unsaturated/α-hetero) is 1. The third kappa shape index (κ3) is 10.3. The summed E-state index contributed by atoms with van der Waals surface area (Å²) in [5, 5.41) is 40.2. The van der Waals surface area contributed by atoms with Crippen LogP contribution in [-0.4, -0.2) is 111 Å². The number of unbranched alkanes of at least 4 members (excludes halogenated alkanes) is 2. The summed E-state index contributed by atoms with van der Waals surface area (Å²) in [6.45, 7) is 10.1. The van der Waals surface area contributed by atoms with Gasteiger partial charge in [0.2, 0.25) is 0 Å². The van der Waals surface area contributed by atoms with Gasteiger partial charge >= 0.3 is 23.9 Å². The third-order valence-corrected chi connectivity index (χ3v) is 14.6. The molecule has 3 aromatic carbocycles. The lowest BCUT2D eigenvalue weighted by atomic mass is 9.44. The second-order valence-corrected chi connectivity index (χ2v) is 19.5. The molecule has 17 heteroatoms. The van der Waals surface area contributed by atoms with Gasteiger partial charge in [0.15, 0.2) is 23.6 Å². The molecule has 4 aliphatic rings. The first kappa shape index (κ1) is 53.5. The first-order chi connectivity index (χ1) is 33.0. The molecule has 3 fully saturated rings. The minimum atomic E-state index is -2.39. The van der Waals surface area contributed by atoms with E-state index in [4.69, 9.17) is 35.2 Å². The molecular weight excluding hydrogens is 903 g/mol. The van der Waals surface area contributed by atoms with Gasteiger partial charge in [0.05, 0.1) is 41.8 Å². The molecule has 11 atom stereocenters. The van der Waals surface area contributed by atoms with Crippen molar-refractivity contribution in [1.82, 2.24) is 5.32 Å². The molecule has 1 aliphatic heterocycles. The molecule has 0 unspecified atom stereocenters. The molecule has 70 heavy (non-hydrogen) atoms. The lowest BCUT2D eigenvalue weighted by molar-refractivity contribution is -0.346. The van der Waals surface area contributed by atoms with Crippen molar-refractivity contribution < 1.29 is 67.8 Å². The predicted octanol–water partition coefficient (Wildman–Crippen LogP) is 4.55. The van der Waals surface area contributed by atoms with Gasteiger partial charge in [0, 0.05) is 37.7 Å². The van der Waals surface area contributed by atoms with E-state index < -0.39 is 113 Å². The number of fused-ring (bicyclic) bond motifs is 5. The number of carbonyl (C=O) groups is 6. The number of amides is 1. The Hall–Kier alpha value is -5.82. The van der Waals surface area contributed by atoms with Crippen LogP contribution in [0.15, 0.2) is 102 Å². The maximum atomic E-state index is 15.5. The van der Waals surface area contributed by atoms with Crippen LogP contribution >= 0.6 is 0 Å². The lowest BCUT2D eigenvalue weighted by Crippen LogP contribution is -2.82. The molecule has 3 aliphatic carbocycles. The molecule has 1 saturated heterocycles. The van der Waals surface area contributed by atoms with E-state index in [9.17, 15) is 39.3 Å². The summed E-state index contributed by atoms with van der Waals surface area (Å²) >= 11 is 0. The van der Waals surface area contributed by atoms with Gasteiger partial charge in [0.1, 0.15) is 23.9 Å². The minimum Gasteiger partial charge on any atom is -0.456 e. The SMILES string of the molecule is CC(=O)O[C@H]1C(=O)[C@@]2(C)[C@H]([C@H](OC(=O)c3ccccc3)[C@]3(O)C[C@H](OC(=O)[C@H](O)[C@@H](NC(=O)c4ccccc4)c4ccccc4)C(C)=C1C3(C)C)[C@]1(OC(C)=O)CO[C@@H]1C[C@@H]2O.CCCCCC(N)N. The van der Waals surface area contributed by atoms with Gasteiger partial charge in [-0.25, -0.2) is 9.59 Å². The molecule has 8 N–H and O–H groups in total. The quantitative estimate of drug-likeness (QED) is 0.0425. The summed E-state index contributed by atoms with van der Waals surface area (Å²) in [4.78, 5) is 83.5. The predicted molar refractivity (Wildman–Crippen MR) is 254 cm³/mol. The van der Waals surface area contributed by atoms with Crippen molar-refractivity contribution in [3.8, 4) is 0 Å². The Morgan fingerprint density at radius 1 is 0.843 bits per heavy atom. The van der Waals surface area contributed by atoms with E-state index in [1.165, 1.54) is 45.2 Å². The average molecular weight is 970 g/mol. The molecule has 2 bridgehead atoms. The van der Waals surface area contributed by atoms with E-state index in [0.29, 0.717) is 5.56 Å². The number of carbonyl (C=O) groups excluding carboxylic acids is 6. The molecular formula is C53H67N3O14. The van der Waals surface area contributed by atoms with Gasteiger partial charge in [0.25, 0.3) is 5.91 Å². The Bertz CT molecular complexity index is 2410. The summed E-state index contributed by atoms with van der Waals surface area (Å²) in [6, 6.07) is 22.9. The number of aliphatic hydroxyl groups is 3. The molecule has 1 amide bonds. The summed E-state index contributed by atoms with van der Waals surface area (Å²) in [5.41, 5.74) is 3.60. The summed E-state index contributed by atoms with van der Waals surface area (Å²) in [7, 11) is 0. The van der Waals surface area contributed by atoms with Crippen molar-refractivity contribution in [2.24, 2.45) is 28.2 Å². The number of benzene rings is 3. The Kier molecular flexibility index (Phi) is 16.6. The zero-order valence-electron chi connectivity index (χ0n) is 40.8. The number of esters is 4. The van der Waals surface area contributed by atoms with E-state index in [1.54, 1.807) is 92.7 Å². The van der Waals surface area contributed by atoms with Crippen molar-refractivity contribution >= 4 is 35.6 Å². The summed E-state index contributed by atoms with van der Waals surface area (Å²) < 4.78 is 30.3. The number of ketones is 1. The van der Waals surface area contributed by atoms with E-state index in [0.717, 1.165) is 20.3 Å². The number of aliphatic hydroxyl groups excluding tert-OH is 2. The maximum absolute atomic E-state index is 15.5. The van der Waals surface area contributed by atoms with Crippen molar-refractivity contribution in [3.05, 3.63) is 119 Å². The Labute approximate surface area is 408 Å². The topological polar surface area (TPSA) is 273 Å². The molecule has 0 spiro atoms. The van der Waals surface area contributed by atoms with Gasteiger partial charge < -0.3 is 55.8 Å². The largest absolute Gasteiger partial charge is 0.456 e. The standard InChI is InChI=1S/C47H51NO14.C6H16N2/c1-25-31(60-43(56)36(52)35(28-16-10-7-11-17-28)48-41(54)29-18-12-8-13-19-29)23-47(57)40(61-42(55)30-20-14-9-15-21-30)38-45(6,32(51)22-33-46(38,24-58-33)62-27(3)50)39(53)37(59-26(2)49)34(25)44(47,4)5;1-2-3-4-5-6(7)8/h7-21,31-33,35-38,40,51-52,57H,22-24H2,1-6H3,(H,48,54);6H,2-5,7-8H2,1H3/t31-,32-,33+,35-,36+,37+,38-,40-,45+,46-,47+;/m0./s1. The van der Waals surface area contributed by atoms with Crippen LogP contribution in [0.3, 0.4) is 0 Å². The van der Waals surface area contributed by atoms with E-state index >= 15 is 4.79 Å². The van der Waals surface area contributed by atoms with Crippen LogP contribution in [0, 0.1) is 16.7 Å². The van der Waals surface area contributed by atoms with Crippen LogP contribution in [0.1, 0.15) is 119 Å². The van der Waals surface area contributed by atoms with Crippen LogP contribution in [0.4, 0.5) is 0 Å². The van der Waals surface area contributed by atoms with Crippen molar-refractivity contribution in [1.29, 1.82) is 0 Å². The van der Waals surface area contributed by atoms with Crippen LogP contribution < -0.4 is 16.8 Å². The van der Waals surface area contributed by atoms with Crippen LogP contribution in [0.2, 0.25) is 0 Å². The van der Waals surface area contributed by atoms with Gasteiger partial charge in [-0.05, 0) is 61.2 Å². The molecule has 7 rings (SSSR count). The fraction of sp³-hybridized carbons (Fsp3) is 0.509. The number of rotatable bonds is 14. The Balaban J connectivity index is 0.000000923. The fourth-order valence-electron chi connectivity index (χ4n) is 10.8. The zero-order valence-corrected chi connectivity index (χ0v) is 40.8. The number of hydrogen-bond acceptors (Lipinski definition) is 16. The average Bonchev–Trinajstić information content (AvgIpc) is 3.32. The lowest BCUT2D eigenvalue weighted by Gasteiger charge is -2.67.